The first-order valence-electron chi connectivity index (χ1n) is 5.78. The molecule has 0 bridgehead atoms. The lowest BCUT2D eigenvalue weighted by Gasteiger charge is -2.06. The van der Waals surface area contributed by atoms with Crippen molar-refractivity contribution in [3.8, 4) is 0 Å². The van der Waals surface area contributed by atoms with Gasteiger partial charge in [-0.1, -0.05) is 21.1 Å². The van der Waals surface area contributed by atoms with E-state index in [-0.39, 0.29) is 11.6 Å². The van der Waals surface area contributed by atoms with Crippen LogP contribution in [0.3, 0.4) is 0 Å². The zero-order valence-electron chi connectivity index (χ0n) is 10.4. The Bertz CT molecular complexity index is 596. The second kappa shape index (κ2) is 5.94. The monoisotopic (exact) mass is 323 g/mol. The molecule has 3 N–H and O–H groups in total. The number of amides is 1. The maximum absolute atomic E-state index is 12.0. The fraction of sp³-hybridized carbons (Fsp3) is 0.250. The molecular formula is C12H14BrN5O. The number of aryl methyl sites for hydroxylation is 1. The molecule has 0 radical (unpaired) electrons. The van der Waals surface area contributed by atoms with Crippen LogP contribution in [0.5, 0.6) is 0 Å². The third-order valence-electron chi connectivity index (χ3n) is 2.57. The third-order valence-corrected chi connectivity index (χ3v) is 3.06. The van der Waals surface area contributed by atoms with Gasteiger partial charge in [-0.25, -0.2) is 0 Å². The molecule has 2 rings (SSSR count). The molecule has 0 aliphatic carbocycles. The second-order valence-corrected chi connectivity index (χ2v) is 4.98. The summed E-state index contributed by atoms with van der Waals surface area (Å²) in [5.74, 6) is -0.284. The highest BCUT2D eigenvalue weighted by molar-refractivity contribution is 9.10. The zero-order valence-corrected chi connectivity index (χ0v) is 12.0. The molecule has 0 aliphatic heterocycles. The summed E-state index contributed by atoms with van der Waals surface area (Å²) < 4.78 is 2.51. The minimum absolute atomic E-state index is 0.274. The lowest BCUT2D eigenvalue weighted by Crippen LogP contribution is -2.13. The number of carbonyl (C=O) groups excluding carboxylic acids is 1. The Balaban J connectivity index is 2.11. The molecule has 0 atom stereocenters. The van der Waals surface area contributed by atoms with Crippen molar-refractivity contribution in [2.45, 2.75) is 13.5 Å². The van der Waals surface area contributed by atoms with Gasteiger partial charge >= 0.3 is 0 Å². The number of nitrogens with two attached hydrogens (primary N) is 1. The summed E-state index contributed by atoms with van der Waals surface area (Å²) >= 11 is 3.38. The molecule has 0 fully saturated rings. The van der Waals surface area contributed by atoms with Crippen LogP contribution in [0.25, 0.3) is 0 Å². The van der Waals surface area contributed by atoms with Crippen LogP contribution in [-0.2, 0) is 6.54 Å². The van der Waals surface area contributed by atoms with Crippen molar-refractivity contribution in [2.24, 2.45) is 5.73 Å². The number of anilines is 1. The Morgan fingerprint density at radius 2 is 2.32 bits per heavy atom. The van der Waals surface area contributed by atoms with Gasteiger partial charge in [-0.3, -0.25) is 9.48 Å². The van der Waals surface area contributed by atoms with E-state index in [0.717, 1.165) is 15.7 Å². The van der Waals surface area contributed by atoms with E-state index in [1.165, 1.54) is 0 Å². The van der Waals surface area contributed by atoms with Gasteiger partial charge in [-0.2, -0.15) is 0 Å². The molecule has 0 saturated carbocycles. The highest BCUT2D eigenvalue weighted by Crippen LogP contribution is 2.20. The van der Waals surface area contributed by atoms with E-state index in [0.29, 0.717) is 13.1 Å². The van der Waals surface area contributed by atoms with Gasteiger partial charge in [0.25, 0.3) is 5.91 Å². The number of hydrogen-bond acceptors (Lipinski definition) is 4. The molecular weight excluding hydrogens is 310 g/mol. The van der Waals surface area contributed by atoms with Crippen LogP contribution in [0.1, 0.15) is 16.1 Å². The molecule has 0 aliphatic rings. The maximum atomic E-state index is 12.0. The van der Waals surface area contributed by atoms with Crippen LogP contribution >= 0.6 is 15.9 Å². The van der Waals surface area contributed by atoms with Crippen LogP contribution in [-0.4, -0.2) is 27.4 Å². The molecule has 6 nitrogen and oxygen atoms in total. The van der Waals surface area contributed by atoms with Gasteiger partial charge in [0.05, 0.1) is 12.7 Å². The van der Waals surface area contributed by atoms with Crippen LogP contribution in [0.15, 0.2) is 28.9 Å². The quantitative estimate of drug-likeness (QED) is 0.894. The molecule has 2 aromatic rings. The first-order chi connectivity index (χ1) is 9.10. The first-order valence-corrected chi connectivity index (χ1v) is 6.57. The van der Waals surface area contributed by atoms with Crippen molar-refractivity contribution in [2.75, 3.05) is 11.9 Å². The van der Waals surface area contributed by atoms with Crippen molar-refractivity contribution in [1.29, 1.82) is 0 Å². The maximum Gasteiger partial charge on any atom is 0.277 e. The van der Waals surface area contributed by atoms with Crippen LogP contribution in [0, 0.1) is 6.92 Å². The van der Waals surface area contributed by atoms with Crippen molar-refractivity contribution in [1.82, 2.24) is 15.0 Å². The summed E-state index contributed by atoms with van der Waals surface area (Å²) in [5.41, 5.74) is 7.40. The number of benzene rings is 1. The summed E-state index contributed by atoms with van der Waals surface area (Å²) in [7, 11) is 0. The van der Waals surface area contributed by atoms with Gasteiger partial charge in [0.1, 0.15) is 0 Å². The lowest BCUT2D eigenvalue weighted by molar-refractivity contribution is 0.102. The summed E-state index contributed by atoms with van der Waals surface area (Å²) in [4.78, 5) is 12.0. The molecule has 1 aromatic heterocycles. The van der Waals surface area contributed by atoms with Gasteiger partial charge in [-0.05, 0) is 30.7 Å². The first kappa shape index (κ1) is 13.7. The number of hydrogen-bond donors (Lipinski definition) is 2. The number of nitrogens with one attached hydrogen (secondary N) is 1. The minimum Gasteiger partial charge on any atom is -0.329 e. The molecule has 19 heavy (non-hydrogen) atoms. The Labute approximate surface area is 119 Å². The Morgan fingerprint density at radius 3 is 3.00 bits per heavy atom. The number of nitrogens with zero attached hydrogens (tertiary/aromatic N) is 3. The second-order valence-electron chi connectivity index (χ2n) is 4.07. The van der Waals surface area contributed by atoms with Crippen molar-refractivity contribution in [3.05, 3.63) is 40.1 Å². The molecule has 100 valence electrons. The van der Waals surface area contributed by atoms with E-state index < -0.39 is 0 Å². The van der Waals surface area contributed by atoms with E-state index in [4.69, 9.17) is 5.73 Å². The van der Waals surface area contributed by atoms with Gasteiger partial charge in [0.15, 0.2) is 5.69 Å². The predicted octanol–water partition coefficient (Wildman–Crippen LogP) is 1.56. The summed E-state index contributed by atoms with van der Waals surface area (Å²) in [5, 5.41) is 10.4. The average Bonchev–Trinajstić information content (AvgIpc) is 2.82. The topological polar surface area (TPSA) is 85.8 Å². The number of aromatic nitrogens is 3. The number of carbonyl (C=O) groups is 1. The number of rotatable bonds is 4. The van der Waals surface area contributed by atoms with Gasteiger partial charge in [0, 0.05) is 16.7 Å². The molecule has 1 amide bonds. The van der Waals surface area contributed by atoms with Gasteiger partial charge < -0.3 is 11.1 Å². The van der Waals surface area contributed by atoms with E-state index in [2.05, 4.69) is 31.6 Å². The predicted molar refractivity (Wildman–Crippen MR) is 75.9 cm³/mol. The van der Waals surface area contributed by atoms with Crippen molar-refractivity contribution in [3.63, 3.8) is 0 Å². The molecule has 1 aromatic carbocycles. The Hall–Kier alpha value is -1.73. The van der Waals surface area contributed by atoms with Crippen molar-refractivity contribution < 1.29 is 4.79 Å². The SMILES string of the molecule is Cc1cc(Br)ccc1NC(=O)c1cn(CCN)nn1. The fourth-order valence-electron chi connectivity index (χ4n) is 1.60. The lowest BCUT2D eigenvalue weighted by atomic mass is 10.2. The largest absolute Gasteiger partial charge is 0.329 e. The van der Waals surface area contributed by atoms with Crippen LogP contribution < -0.4 is 11.1 Å². The van der Waals surface area contributed by atoms with Crippen LogP contribution in [0.2, 0.25) is 0 Å². The molecule has 1 heterocycles. The summed E-state index contributed by atoms with van der Waals surface area (Å²) in [6.45, 7) is 2.92. The molecule has 0 unspecified atom stereocenters. The summed E-state index contributed by atoms with van der Waals surface area (Å²) in [6, 6.07) is 5.64. The highest BCUT2D eigenvalue weighted by atomic mass is 79.9. The molecule has 7 heteroatoms. The Morgan fingerprint density at radius 1 is 1.53 bits per heavy atom. The van der Waals surface area contributed by atoms with Gasteiger partial charge in [0.2, 0.25) is 0 Å². The standard InChI is InChI=1S/C12H14BrN5O/c1-8-6-9(13)2-3-10(8)15-12(19)11-7-18(5-4-14)17-16-11/h2-3,6-7H,4-5,14H2,1H3,(H,15,19). The molecule has 0 spiro atoms. The van der Waals surface area contributed by atoms with Crippen molar-refractivity contribution >= 4 is 27.5 Å². The Kier molecular flexibility index (Phi) is 4.28. The number of halogens is 1. The minimum atomic E-state index is -0.284. The summed E-state index contributed by atoms with van der Waals surface area (Å²) in [6.07, 6.45) is 1.58. The zero-order chi connectivity index (χ0) is 13.8. The van der Waals surface area contributed by atoms with E-state index in [1.54, 1.807) is 10.9 Å². The van der Waals surface area contributed by atoms with Gasteiger partial charge in [-0.15, -0.1) is 5.10 Å². The van der Waals surface area contributed by atoms with E-state index in [1.807, 2.05) is 25.1 Å². The van der Waals surface area contributed by atoms with E-state index >= 15 is 0 Å². The normalized spacial score (nSPS) is 10.5. The van der Waals surface area contributed by atoms with E-state index in [9.17, 15) is 4.79 Å². The van der Waals surface area contributed by atoms with Crippen LogP contribution in [0.4, 0.5) is 5.69 Å². The molecule has 0 saturated heterocycles. The highest BCUT2D eigenvalue weighted by Gasteiger charge is 2.12. The average molecular weight is 324 g/mol. The smallest absolute Gasteiger partial charge is 0.277 e. The third kappa shape index (κ3) is 3.39. The fourth-order valence-corrected chi connectivity index (χ4v) is 2.07.